The minimum atomic E-state index is -0.592. The van der Waals surface area contributed by atoms with Gasteiger partial charge in [-0.3, -0.25) is 0 Å². The van der Waals surface area contributed by atoms with Gasteiger partial charge < -0.3 is 10.2 Å². The predicted molar refractivity (Wildman–Crippen MR) is 113 cm³/mol. The zero-order valence-corrected chi connectivity index (χ0v) is 17.7. The molecule has 3 fully saturated rings. The first-order chi connectivity index (χ1) is 12.9. The molecule has 0 unspecified atom stereocenters. The lowest BCUT2D eigenvalue weighted by molar-refractivity contribution is 0.0853. The van der Waals surface area contributed by atoms with Crippen molar-refractivity contribution in [1.29, 1.82) is 0 Å². The minimum absolute atomic E-state index is 0.471. The zero-order valence-electron chi connectivity index (χ0n) is 17.7. The summed E-state index contributed by atoms with van der Waals surface area (Å²) in [5, 5.41) is 20.2. The van der Waals surface area contributed by atoms with Crippen LogP contribution in [0.15, 0.2) is 35.5 Å². The summed E-state index contributed by atoms with van der Waals surface area (Å²) in [7, 11) is 0. The van der Waals surface area contributed by atoms with Crippen LogP contribution >= 0.6 is 0 Å². The minimum Gasteiger partial charge on any atom is -0.388 e. The molecule has 6 atom stereocenters. The van der Waals surface area contributed by atoms with Crippen molar-refractivity contribution < 1.29 is 10.2 Å². The SMILES string of the molecule is C=C1[C@H](O)CC(=CC=C2CCC[C@]3(C)[C@@H]([C@@H](CC)CCC)CC[C@@H]23)C[C@H]1O. The fourth-order valence-electron chi connectivity index (χ4n) is 6.54. The lowest BCUT2D eigenvalue weighted by Crippen LogP contribution is -2.36. The Kier molecular flexibility index (Phi) is 6.69. The van der Waals surface area contributed by atoms with E-state index in [1.54, 1.807) is 5.57 Å². The second kappa shape index (κ2) is 8.66. The Bertz CT molecular complexity index is 585. The van der Waals surface area contributed by atoms with Crippen molar-refractivity contribution in [2.45, 2.75) is 97.2 Å². The van der Waals surface area contributed by atoms with Gasteiger partial charge in [-0.15, -0.1) is 0 Å². The van der Waals surface area contributed by atoms with E-state index in [0.29, 0.717) is 23.8 Å². The van der Waals surface area contributed by atoms with Gasteiger partial charge in [0, 0.05) is 0 Å². The van der Waals surface area contributed by atoms with Gasteiger partial charge in [-0.2, -0.15) is 0 Å². The highest BCUT2D eigenvalue weighted by Gasteiger charge is 2.50. The molecule has 2 N–H and O–H groups in total. The van der Waals surface area contributed by atoms with Crippen molar-refractivity contribution in [3.05, 3.63) is 35.5 Å². The maximum atomic E-state index is 10.1. The molecule has 0 aromatic rings. The van der Waals surface area contributed by atoms with Crippen LogP contribution in [-0.2, 0) is 0 Å². The molecule has 0 radical (unpaired) electrons. The Morgan fingerprint density at radius 3 is 2.48 bits per heavy atom. The maximum Gasteiger partial charge on any atom is 0.0809 e. The van der Waals surface area contributed by atoms with Gasteiger partial charge >= 0.3 is 0 Å². The first-order valence-corrected chi connectivity index (χ1v) is 11.3. The Labute approximate surface area is 166 Å². The average Bonchev–Trinajstić information content (AvgIpc) is 2.99. The van der Waals surface area contributed by atoms with Crippen LogP contribution in [-0.4, -0.2) is 22.4 Å². The van der Waals surface area contributed by atoms with E-state index in [9.17, 15) is 10.2 Å². The molecule has 152 valence electrons. The third-order valence-electron chi connectivity index (χ3n) is 8.09. The highest BCUT2D eigenvalue weighted by molar-refractivity contribution is 5.29. The van der Waals surface area contributed by atoms with Crippen LogP contribution in [0.3, 0.4) is 0 Å². The topological polar surface area (TPSA) is 40.5 Å². The number of fused-ring (bicyclic) bond motifs is 1. The van der Waals surface area contributed by atoms with Gasteiger partial charge in [-0.1, -0.05) is 69.9 Å². The van der Waals surface area contributed by atoms with Crippen LogP contribution in [0.4, 0.5) is 0 Å². The van der Waals surface area contributed by atoms with Gasteiger partial charge in [0.15, 0.2) is 0 Å². The third kappa shape index (κ3) is 4.12. The number of hydrogen-bond donors (Lipinski definition) is 2. The molecule has 27 heavy (non-hydrogen) atoms. The van der Waals surface area contributed by atoms with E-state index in [-0.39, 0.29) is 0 Å². The molecule has 0 saturated heterocycles. The van der Waals surface area contributed by atoms with Crippen LogP contribution in [0.25, 0.3) is 0 Å². The molecule has 3 aliphatic rings. The van der Waals surface area contributed by atoms with Crippen molar-refractivity contribution in [2.24, 2.45) is 23.2 Å². The Morgan fingerprint density at radius 1 is 1.15 bits per heavy atom. The van der Waals surface area contributed by atoms with E-state index < -0.39 is 12.2 Å². The van der Waals surface area contributed by atoms with Crippen molar-refractivity contribution >= 4 is 0 Å². The summed E-state index contributed by atoms with van der Waals surface area (Å²) in [6.45, 7) is 11.1. The standard InChI is InChI=1S/C25H40O2/c1-5-8-19(6-2)21-12-13-22-20(9-7-14-25(21,22)4)11-10-18-15-23(26)17(3)24(27)16-18/h10-11,19,21-24,26-27H,3,5-9,12-16H2,1-2,4H3/t19-,21+,22-,23+,24+,25+/m0/s1. The van der Waals surface area contributed by atoms with Crippen LogP contribution in [0.2, 0.25) is 0 Å². The lowest BCUT2D eigenvalue weighted by Gasteiger charge is -2.45. The van der Waals surface area contributed by atoms with E-state index in [1.807, 2.05) is 0 Å². The summed E-state index contributed by atoms with van der Waals surface area (Å²) in [6, 6.07) is 0. The van der Waals surface area contributed by atoms with E-state index in [0.717, 1.165) is 23.3 Å². The molecule has 2 nitrogen and oxygen atoms in total. The van der Waals surface area contributed by atoms with Crippen LogP contribution in [0.5, 0.6) is 0 Å². The normalized spacial score (nSPS) is 39.5. The number of allylic oxidation sites excluding steroid dienone is 3. The molecule has 3 rings (SSSR count). The van der Waals surface area contributed by atoms with Crippen molar-refractivity contribution in [3.8, 4) is 0 Å². The highest BCUT2D eigenvalue weighted by Crippen LogP contribution is 2.60. The van der Waals surface area contributed by atoms with Crippen LogP contribution < -0.4 is 0 Å². The summed E-state index contributed by atoms with van der Waals surface area (Å²) >= 11 is 0. The number of aliphatic hydroxyl groups is 2. The fraction of sp³-hybridized carbons (Fsp3) is 0.760. The number of aliphatic hydroxyl groups excluding tert-OH is 2. The summed E-state index contributed by atoms with van der Waals surface area (Å²) in [5.41, 5.74) is 3.83. The maximum absolute atomic E-state index is 10.1. The highest BCUT2D eigenvalue weighted by atomic mass is 16.3. The summed E-state index contributed by atoms with van der Waals surface area (Å²) in [4.78, 5) is 0. The fourth-order valence-corrected chi connectivity index (χ4v) is 6.54. The lowest BCUT2D eigenvalue weighted by atomic mass is 9.60. The number of hydrogen-bond acceptors (Lipinski definition) is 2. The number of rotatable bonds is 5. The van der Waals surface area contributed by atoms with Crippen molar-refractivity contribution in [3.63, 3.8) is 0 Å². The molecule has 0 amide bonds. The molecule has 3 aliphatic carbocycles. The molecule has 0 aromatic heterocycles. The first kappa shape index (κ1) is 20.9. The summed E-state index contributed by atoms with van der Waals surface area (Å²) in [5.74, 6) is 2.50. The third-order valence-corrected chi connectivity index (χ3v) is 8.09. The first-order valence-electron chi connectivity index (χ1n) is 11.3. The zero-order chi connectivity index (χ0) is 19.6. The smallest absolute Gasteiger partial charge is 0.0809 e. The largest absolute Gasteiger partial charge is 0.388 e. The second-order valence-electron chi connectivity index (χ2n) is 9.63. The molecule has 0 spiro atoms. The quantitative estimate of drug-likeness (QED) is 0.585. The Balaban J connectivity index is 1.77. The molecule has 0 aromatic carbocycles. The van der Waals surface area contributed by atoms with E-state index >= 15 is 0 Å². The van der Waals surface area contributed by atoms with Gasteiger partial charge in [0.05, 0.1) is 12.2 Å². The molecule has 0 heterocycles. The van der Waals surface area contributed by atoms with E-state index in [1.165, 1.54) is 51.4 Å². The van der Waals surface area contributed by atoms with Crippen LogP contribution in [0.1, 0.15) is 85.0 Å². The van der Waals surface area contributed by atoms with Gasteiger partial charge in [-0.25, -0.2) is 0 Å². The summed E-state index contributed by atoms with van der Waals surface area (Å²) < 4.78 is 0. The predicted octanol–water partition coefficient (Wildman–Crippen LogP) is 5.95. The Morgan fingerprint density at radius 2 is 1.85 bits per heavy atom. The molecule has 0 bridgehead atoms. The average molecular weight is 373 g/mol. The Hall–Kier alpha value is -0.860. The van der Waals surface area contributed by atoms with E-state index in [2.05, 4.69) is 39.5 Å². The van der Waals surface area contributed by atoms with Crippen molar-refractivity contribution in [2.75, 3.05) is 0 Å². The monoisotopic (exact) mass is 372 g/mol. The molecule has 3 saturated carbocycles. The summed E-state index contributed by atoms with van der Waals surface area (Å²) in [6.07, 6.45) is 15.3. The van der Waals surface area contributed by atoms with Gasteiger partial charge in [0.1, 0.15) is 0 Å². The molecular formula is C25H40O2. The second-order valence-corrected chi connectivity index (χ2v) is 9.63. The molecular weight excluding hydrogens is 332 g/mol. The molecule has 2 heteroatoms. The van der Waals surface area contributed by atoms with Crippen LogP contribution in [0, 0.1) is 23.2 Å². The van der Waals surface area contributed by atoms with Gasteiger partial charge in [0.2, 0.25) is 0 Å². The van der Waals surface area contributed by atoms with Crippen molar-refractivity contribution in [1.82, 2.24) is 0 Å². The van der Waals surface area contributed by atoms with E-state index in [4.69, 9.17) is 0 Å². The van der Waals surface area contributed by atoms with Gasteiger partial charge in [-0.05, 0) is 73.7 Å². The molecule has 0 aliphatic heterocycles. The van der Waals surface area contributed by atoms with Gasteiger partial charge in [0.25, 0.3) is 0 Å².